The molecule has 0 aromatic carbocycles. The van der Waals surface area contributed by atoms with Crippen LogP contribution in [-0.4, -0.2) is 38.5 Å². The molecule has 0 amide bonds. The lowest BCUT2D eigenvalue weighted by molar-refractivity contribution is -0.140. The topological polar surface area (TPSA) is 44.8 Å². The molecule has 0 aromatic rings. The fraction of sp³-hybridized carbons (Fsp3) is 0.769. The number of carbonyl (C=O) groups excluding carboxylic acids is 1. The van der Waals surface area contributed by atoms with E-state index in [0.29, 0.717) is 25.2 Å². The minimum Gasteiger partial charge on any atom is -0.452 e. The second kappa shape index (κ2) is 6.77. The van der Waals surface area contributed by atoms with Crippen molar-refractivity contribution < 1.29 is 19.0 Å². The molecule has 1 heterocycles. The predicted octanol–water partition coefficient (Wildman–Crippen LogP) is 1.94. The molecule has 4 heteroatoms. The molecule has 0 saturated heterocycles. The molecule has 0 aromatic heterocycles. The van der Waals surface area contributed by atoms with Crippen molar-refractivity contribution in [1.29, 1.82) is 0 Å². The van der Waals surface area contributed by atoms with Crippen molar-refractivity contribution in [3.63, 3.8) is 0 Å². The number of esters is 1. The normalized spacial score (nSPS) is 19.7. The molecule has 98 valence electrons. The molecule has 0 spiro atoms. The summed E-state index contributed by atoms with van der Waals surface area (Å²) in [7, 11) is 0. The lowest BCUT2D eigenvalue weighted by Crippen LogP contribution is -2.18. The number of cyclic esters (lactones) is 1. The van der Waals surface area contributed by atoms with Gasteiger partial charge in [0.15, 0.2) is 0 Å². The highest BCUT2D eigenvalue weighted by molar-refractivity contribution is 5.84. The quantitative estimate of drug-likeness (QED) is 0.505. The van der Waals surface area contributed by atoms with E-state index in [1.165, 1.54) is 6.08 Å². The maximum absolute atomic E-state index is 10.7. The van der Waals surface area contributed by atoms with Crippen molar-refractivity contribution in [3.05, 3.63) is 12.2 Å². The van der Waals surface area contributed by atoms with Crippen LogP contribution < -0.4 is 0 Å². The summed E-state index contributed by atoms with van der Waals surface area (Å²) in [5, 5.41) is 0. The lowest BCUT2D eigenvalue weighted by atomic mass is 9.93. The zero-order valence-corrected chi connectivity index (χ0v) is 10.9. The van der Waals surface area contributed by atoms with E-state index in [-0.39, 0.29) is 12.1 Å². The summed E-state index contributed by atoms with van der Waals surface area (Å²) >= 11 is 0. The Bertz CT molecular complexity index is 265. The van der Waals surface area contributed by atoms with Crippen LogP contribution in [0.25, 0.3) is 0 Å². The molecular weight excluding hydrogens is 220 g/mol. The number of hydrogen-bond donors (Lipinski definition) is 0. The first-order chi connectivity index (χ1) is 7.97. The standard InChI is InChI=1S/C13H22O4/c1-13(2,3)6-7-15-8-9-16-10-11-4-5-12(14)17-11/h4-5,11H,6-10H2,1-3H3. The molecule has 0 saturated carbocycles. The summed E-state index contributed by atoms with van der Waals surface area (Å²) in [6.45, 7) is 8.84. The van der Waals surface area contributed by atoms with E-state index in [4.69, 9.17) is 14.2 Å². The van der Waals surface area contributed by atoms with Gasteiger partial charge in [-0.1, -0.05) is 20.8 Å². The molecule has 1 atom stereocenters. The van der Waals surface area contributed by atoms with Crippen LogP contribution in [0.3, 0.4) is 0 Å². The van der Waals surface area contributed by atoms with Gasteiger partial charge in [0.05, 0.1) is 19.8 Å². The van der Waals surface area contributed by atoms with Gasteiger partial charge in [-0.2, -0.15) is 0 Å². The Kier molecular flexibility index (Phi) is 5.65. The number of ether oxygens (including phenoxy) is 3. The van der Waals surface area contributed by atoms with Crippen LogP contribution in [0, 0.1) is 5.41 Å². The Morgan fingerprint density at radius 1 is 1.24 bits per heavy atom. The Hall–Kier alpha value is -0.870. The van der Waals surface area contributed by atoms with E-state index >= 15 is 0 Å². The zero-order valence-electron chi connectivity index (χ0n) is 10.9. The van der Waals surface area contributed by atoms with Crippen LogP contribution in [0.5, 0.6) is 0 Å². The largest absolute Gasteiger partial charge is 0.452 e. The average molecular weight is 242 g/mol. The molecule has 0 N–H and O–H groups in total. The Morgan fingerprint density at radius 2 is 1.94 bits per heavy atom. The number of hydrogen-bond acceptors (Lipinski definition) is 4. The maximum atomic E-state index is 10.7. The second-order valence-electron chi connectivity index (χ2n) is 5.33. The minimum absolute atomic E-state index is 0.225. The molecular formula is C13H22O4. The van der Waals surface area contributed by atoms with Gasteiger partial charge in [-0.05, 0) is 17.9 Å². The third-order valence-corrected chi connectivity index (χ3v) is 2.37. The number of rotatable bonds is 7. The third-order valence-electron chi connectivity index (χ3n) is 2.37. The van der Waals surface area contributed by atoms with E-state index in [0.717, 1.165) is 13.0 Å². The van der Waals surface area contributed by atoms with Gasteiger partial charge in [0, 0.05) is 12.7 Å². The summed E-state index contributed by atoms with van der Waals surface area (Å²) in [6.07, 6.45) is 3.95. The van der Waals surface area contributed by atoms with Crippen LogP contribution in [0.15, 0.2) is 12.2 Å². The van der Waals surface area contributed by atoms with Gasteiger partial charge in [0.1, 0.15) is 6.10 Å². The molecule has 1 aliphatic heterocycles. The Morgan fingerprint density at radius 3 is 2.53 bits per heavy atom. The average Bonchev–Trinajstić information content (AvgIpc) is 2.61. The van der Waals surface area contributed by atoms with E-state index in [9.17, 15) is 4.79 Å². The highest BCUT2D eigenvalue weighted by Crippen LogP contribution is 2.17. The Balaban J connectivity index is 1.88. The summed E-state index contributed by atoms with van der Waals surface area (Å²) in [5.74, 6) is -0.292. The van der Waals surface area contributed by atoms with Gasteiger partial charge in [0.2, 0.25) is 0 Å². The van der Waals surface area contributed by atoms with E-state index < -0.39 is 0 Å². The molecule has 1 unspecified atom stereocenters. The molecule has 0 radical (unpaired) electrons. The first-order valence-corrected chi connectivity index (χ1v) is 6.02. The van der Waals surface area contributed by atoms with Gasteiger partial charge in [-0.15, -0.1) is 0 Å². The second-order valence-corrected chi connectivity index (χ2v) is 5.33. The van der Waals surface area contributed by atoms with E-state index in [1.807, 2.05) is 0 Å². The van der Waals surface area contributed by atoms with E-state index in [1.54, 1.807) is 6.08 Å². The van der Waals surface area contributed by atoms with Crippen molar-refractivity contribution in [2.45, 2.75) is 33.3 Å². The van der Waals surface area contributed by atoms with Gasteiger partial charge in [0.25, 0.3) is 0 Å². The summed E-state index contributed by atoms with van der Waals surface area (Å²) < 4.78 is 15.7. The Labute approximate surface area is 103 Å². The minimum atomic E-state index is -0.292. The number of carbonyl (C=O) groups is 1. The molecule has 1 aliphatic rings. The molecule has 4 nitrogen and oxygen atoms in total. The summed E-state index contributed by atoms with van der Waals surface area (Å²) in [6, 6.07) is 0. The third kappa shape index (κ3) is 7.13. The molecule has 0 bridgehead atoms. The van der Waals surface area contributed by atoms with E-state index in [2.05, 4.69) is 20.8 Å². The smallest absolute Gasteiger partial charge is 0.331 e. The maximum Gasteiger partial charge on any atom is 0.331 e. The summed E-state index contributed by atoms with van der Waals surface area (Å²) in [5.41, 5.74) is 0.309. The van der Waals surface area contributed by atoms with Crippen molar-refractivity contribution in [3.8, 4) is 0 Å². The van der Waals surface area contributed by atoms with Crippen LogP contribution in [0.1, 0.15) is 27.2 Å². The first kappa shape index (κ1) is 14.2. The van der Waals surface area contributed by atoms with Crippen LogP contribution in [-0.2, 0) is 19.0 Å². The van der Waals surface area contributed by atoms with Crippen LogP contribution in [0.4, 0.5) is 0 Å². The van der Waals surface area contributed by atoms with Gasteiger partial charge in [-0.25, -0.2) is 4.79 Å². The van der Waals surface area contributed by atoms with Crippen molar-refractivity contribution >= 4 is 5.97 Å². The monoisotopic (exact) mass is 242 g/mol. The van der Waals surface area contributed by atoms with Crippen molar-refractivity contribution in [2.24, 2.45) is 5.41 Å². The van der Waals surface area contributed by atoms with Crippen molar-refractivity contribution in [1.82, 2.24) is 0 Å². The SMILES string of the molecule is CC(C)(C)CCOCCOCC1C=CC(=O)O1. The molecule has 0 aliphatic carbocycles. The lowest BCUT2D eigenvalue weighted by Gasteiger charge is -2.17. The molecule has 17 heavy (non-hydrogen) atoms. The molecule has 0 fully saturated rings. The summed E-state index contributed by atoms with van der Waals surface area (Å²) in [4.78, 5) is 10.7. The van der Waals surface area contributed by atoms with Gasteiger partial charge >= 0.3 is 5.97 Å². The first-order valence-electron chi connectivity index (χ1n) is 6.02. The van der Waals surface area contributed by atoms with Gasteiger partial charge in [-0.3, -0.25) is 0 Å². The van der Waals surface area contributed by atoms with Gasteiger partial charge < -0.3 is 14.2 Å². The zero-order chi connectivity index (χ0) is 12.7. The van der Waals surface area contributed by atoms with Crippen LogP contribution in [0.2, 0.25) is 0 Å². The van der Waals surface area contributed by atoms with Crippen LogP contribution >= 0.6 is 0 Å². The predicted molar refractivity (Wildman–Crippen MR) is 64.7 cm³/mol. The fourth-order valence-electron chi connectivity index (χ4n) is 1.30. The van der Waals surface area contributed by atoms with Crippen molar-refractivity contribution in [2.75, 3.05) is 26.4 Å². The molecule has 1 rings (SSSR count). The highest BCUT2D eigenvalue weighted by atomic mass is 16.6. The fourth-order valence-corrected chi connectivity index (χ4v) is 1.30. The highest BCUT2D eigenvalue weighted by Gasteiger charge is 2.16.